The molecule has 0 bridgehead atoms. The van der Waals surface area contributed by atoms with E-state index in [1.165, 1.54) is 6.07 Å². The largest absolute Gasteiger partial charge is 0.493 e. The molecule has 0 radical (unpaired) electrons. The van der Waals surface area contributed by atoms with Crippen LogP contribution in [0.25, 0.3) is 0 Å². The van der Waals surface area contributed by atoms with Gasteiger partial charge >= 0.3 is 0 Å². The van der Waals surface area contributed by atoms with E-state index >= 15 is 0 Å². The molecule has 5 heteroatoms. The molecule has 0 saturated heterocycles. The Hall–Kier alpha value is -2.56. The SMILES string of the molecule is COc1ccc(CCC2=NCCN2c2cccc(F)c2)cc1OC. The van der Waals surface area contributed by atoms with Gasteiger partial charge < -0.3 is 14.4 Å². The number of anilines is 1. The molecule has 0 fully saturated rings. The second kappa shape index (κ2) is 7.34. The maximum absolute atomic E-state index is 13.5. The van der Waals surface area contributed by atoms with Crippen molar-refractivity contribution in [1.29, 1.82) is 0 Å². The molecular formula is C19H21FN2O2. The Labute approximate surface area is 141 Å². The van der Waals surface area contributed by atoms with E-state index in [2.05, 4.69) is 9.89 Å². The summed E-state index contributed by atoms with van der Waals surface area (Å²) in [5.41, 5.74) is 2.01. The van der Waals surface area contributed by atoms with E-state index in [1.807, 2.05) is 24.3 Å². The first kappa shape index (κ1) is 16.3. The van der Waals surface area contributed by atoms with E-state index < -0.39 is 0 Å². The summed E-state index contributed by atoms with van der Waals surface area (Å²) in [7, 11) is 3.26. The van der Waals surface area contributed by atoms with E-state index in [0.717, 1.165) is 54.5 Å². The van der Waals surface area contributed by atoms with Gasteiger partial charge in [0, 0.05) is 18.7 Å². The topological polar surface area (TPSA) is 34.1 Å². The summed E-state index contributed by atoms with van der Waals surface area (Å²) in [6.07, 6.45) is 1.64. The number of rotatable bonds is 6. The fraction of sp³-hybridized carbons (Fsp3) is 0.316. The first-order chi connectivity index (χ1) is 11.7. The summed E-state index contributed by atoms with van der Waals surface area (Å²) in [6.45, 7) is 1.54. The molecule has 4 nitrogen and oxygen atoms in total. The molecule has 1 aliphatic rings. The fourth-order valence-corrected chi connectivity index (χ4v) is 2.92. The van der Waals surface area contributed by atoms with E-state index in [1.54, 1.807) is 26.4 Å². The van der Waals surface area contributed by atoms with Crippen LogP contribution in [0.2, 0.25) is 0 Å². The summed E-state index contributed by atoms with van der Waals surface area (Å²) < 4.78 is 24.1. The molecule has 1 heterocycles. The molecule has 1 aliphatic heterocycles. The van der Waals surface area contributed by atoms with Crippen molar-refractivity contribution in [2.24, 2.45) is 4.99 Å². The van der Waals surface area contributed by atoms with E-state index in [0.29, 0.717) is 0 Å². The van der Waals surface area contributed by atoms with Crippen LogP contribution >= 0.6 is 0 Å². The highest BCUT2D eigenvalue weighted by Crippen LogP contribution is 2.28. The summed E-state index contributed by atoms with van der Waals surface area (Å²) in [5, 5.41) is 0. The lowest BCUT2D eigenvalue weighted by atomic mass is 10.1. The lowest BCUT2D eigenvalue weighted by Crippen LogP contribution is -2.27. The van der Waals surface area contributed by atoms with Gasteiger partial charge in [0.2, 0.25) is 0 Å². The van der Waals surface area contributed by atoms with Crippen molar-refractivity contribution in [3.8, 4) is 11.5 Å². The fourth-order valence-electron chi connectivity index (χ4n) is 2.92. The molecule has 2 aromatic carbocycles. The third-order valence-corrected chi connectivity index (χ3v) is 4.13. The van der Waals surface area contributed by atoms with Gasteiger partial charge in [-0.1, -0.05) is 12.1 Å². The molecule has 0 spiro atoms. The molecule has 0 unspecified atom stereocenters. The van der Waals surface area contributed by atoms with Crippen LogP contribution in [-0.2, 0) is 6.42 Å². The van der Waals surface area contributed by atoms with E-state index in [9.17, 15) is 4.39 Å². The highest BCUT2D eigenvalue weighted by atomic mass is 19.1. The average Bonchev–Trinajstić information content (AvgIpc) is 3.08. The summed E-state index contributed by atoms with van der Waals surface area (Å²) in [5.74, 6) is 2.22. The quantitative estimate of drug-likeness (QED) is 0.811. The van der Waals surface area contributed by atoms with Crippen LogP contribution in [-0.4, -0.2) is 33.1 Å². The Bertz CT molecular complexity index is 746. The van der Waals surface area contributed by atoms with Crippen LogP contribution in [0, 0.1) is 5.82 Å². The number of nitrogens with zero attached hydrogens (tertiary/aromatic N) is 2. The second-order valence-corrected chi connectivity index (χ2v) is 5.62. The number of halogens is 1. The number of aliphatic imine (C=N–C) groups is 1. The Kier molecular flexibility index (Phi) is 4.99. The van der Waals surface area contributed by atoms with E-state index in [-0.39, 0.29) is 5.82 Å². The minimum Gasteiger partial charge on any atom is -0.493 e. The van der Waals surface area contributed by atoms with Gasteiger partial charge in [-0.2, -0.15) is 0 Å². The smallest absolute Gasteiger partial charge is 0.160 e. The number of hydrogen-bond acceptors (Lipinski definition) is 4. The van der Waals surface area contributed by atoms with Gasteiger partial charge in [-0.25, -0.2) is 4.39 Å². The van der Waals surface area contributed by atoms with Crippen LogP contribution < -0.4 is 14.4 Å². The zero-order chi connectivity index (χ0) is 16.9. The second-order valence-electron chi connectivity index (χ2n) is 5.62. The van der Waals surface area contributed by atoms with Crippen molar-refractivity contribution in [2.75, 3.05) is 32.2 Å². The third-order valence-electron chi connectivity index (χ3n) is 4.13. The number of ether oxygens (including phenoxy) is 2. The molecule has 0 aromatic heterocycles. The predicted molar refractivity (Wildman–Crippen MR) is 93.9 cm³/mol. The molecule has 126 valence electrons. The van der Waals surface area contributed by atoms with Crippen LogP contribution in [0.15, 0.2) is 47.5 Å². The Morgan fingerprint density at radius 3 is 2.62 bits per heavy atom. The van der Waals surface area contributed by atoms with Gasteiger partial charge in [-0.05, 0) is 42.3 Å². The molecule has 0 amide bonds. The standard InChI is InChI=1S/C19H21FN2O2/c1-23-17-8-6-14(12-18(17)24-2)7-9-19-21-10-11-22(19)16-5-3-4-15(20)13-16/h3-6,8,12-13H,7,9-11H2,1-2H3. The highest BCUT2D eigenvalue weighted by Gasteiger charge is 2.19. The van der Waals surface area contributed by atoms with Crippen LogP contribution in [0.4, 0.5) is 10.1 Å². The zero-order valence-corrected chi connectivity index (χ0v) is 14.0. The lowest BCUT2D eigenvalue weighted by Gasteiger charge is -2.20. The number of methoxy groups -OCH3 is 2. The lowest BCUT2D eigenvalue weighted by molar-refractivity contribution is 0.354. The minimum atomic E-state index is -0.223. The van der Waals surface area contributed by atoms with Crippen molar-refractivity contribution in [3.05, 3.63) is 53.8 Å². The predicted octanol–water partition coefficient (Wildman–Crippen LogP) is 3.69. The first-order valence-electron chi connectivity index (χ1n) is 7.98. The normalized spacial score (nSPS) is 13.8. The molecule has 2 aromatic rings. The number of benzene rings is 2. The van der Waals surface area contributed by atoms with Crippen LogP contribution in [0.1, 0.15) is 12.0 Å². The van der Waals surface area contributed by atoms with Crippen molar-refractivity contribution >= 4 is 11.5 Å². The Balaban J connectivity index is 1.70. The molecule has 24 heavy (non-hydrogen) atoms. The maximum atomic E-state index is 13.5. The molecule has 0 atom stereocenters. The molecule has 3 rings (SSSR count). The molecular weight excluding hydrogens is 307 g/mol. The zero-order valence-electron chi connectivity index (χ0n) is 14.0. The van der Waals surface area contributed by atoms with Crippen LogP contribution in [0.5, 0.6) is 11.5 Å². The van der Waals surface area contributed by atoms with Crippen LogP contribution in [0.3, 0.4) is 0 Å². The monoisotopic (exact) mass is 328 g/mol. The van der Waals surface area contributed by atoms with Gasteiger partial charge in [-0.3, -0.25) is 4.99 Å². The minimum absolute atomic E-state index is 0.223. The number of aryl methyl sites for hydroxylation is 1. The average molecular weight is 328 g/mol. The molecule has 0 aliphatic carbocycles. The van der Waals surface area contributed by atoms with Crippen molar-refractivity contribution in [1.82, 2.24) is 0 Å². The Morgan fingerprint density at radius 2 is 1.88 bits per heavy atom. The maximum Gasteiger partial charge on any atom is 0.160 e. The summed E-state index contributed by atoms with van der Waals surface area (Å²) in [4.78, 5) is 6.67. The summed E-state index contributed by atoms with van der Waals surface area (Å²) in [6, 6.07) is 12.6. The van der Waals surface area contributed by atoms with Crippen molar-refractivity contribution in [2.45, 2.75) is 12.8 Å². The Morgan fingerprint density at radius 1 is 1.04 bits per heavy atom. The van der Waals surface area contributed by atoms with Gasteiger partial charge in [0.1, 0.15) is 11.7 Å². The summed E-state index contributed by atoms with van der Waals surface area (Å²) >= 11 is 0. The van der Waals surface area contributed by atoms with Gasteiger partial charge in [0.15, 0.2) is 11.5 Å². The molecule has 0 saturated carbocycles. The third kappa shape index (κ3) is 3.50. The van der Waals surface area contributed by atoms with Gasteiger partial charge in [0.05, 0.1) is 20.8 Å². The van der Waals surface area contributed by atoms with Crippen molar-refractivity contribution in [3.63, 3.8) is 0 Å². The van der Waals surface area contributed by atoms with Crippen molar-refractivity contribution < 1.29 is 13.9 Å². The van der Waals surface area contributed by atoms with Gasteiger partial charge in [-0.15, -0.1) is 0 Å². The van der Waals surface area contributed by atoms with E-state index in [4.69, 9.17) is 9.47 Å². The number of amidine groups is 1. The van der Waals surface area contributed by atoms with Gasteiger partial charge in [0.25, 0.3) is 0 Å². The molecule has 0 N–H and O–H groups in total. The first-order valence-corrected chi connectivity index (χ1v) is 7.98. The highest BCUT2D eigenvalue weighted by molar-refractivity contribution is 5.99. The number of hydrogen-bond donors (Lipinski definition) is 0.